The maximum Gasteiger partial charge on any atom is 0.267 e. The number of benzene rings is 2. The third kappa shape index (κ3) is 4.78. The molecule has 0 aliphatic carbocycles. The Morgan fingerprint density at radius 2 is 1.90 bits per heavy atom. The summed E-state index contributed by atoms with van der Waals surface area (Å²) >= 11 is 5.92. The number of nitrogens with zero attached hydrogens (tertiary/aromatic N) is 3. The summed E-state index contributed by atoms with van der Waals surface area (Å²) in [7, 11) is 1.64. The van der Waals surface area contributed by atoms with Crippen molar-refractivity contribution < 1.29 is 9.53 Å². The molecule has 0 fully saturated rings. The number of nitrogens with one attached hydrogen (secondary N) is 1. The molecule has 31 heavy (non-hydrogen) atoms. The van der Waals surface area contributed by atoms with Crippen molar-refractivity contribution in [2.24, 2.45) is 0 Å². The zero-order chi connectivity index (χ0) is 21.8. The van der Waals surface area contributed by atoms with Crippen LogP contribution in [0.3, 0.4) is 0 Å². The van der Waals surface area contributed by atoms with Gasteiger partial charge in [0.1, 0.15) is 12.3 Å². The van der Waals surface area contributed by atoms with Crippen LogP contribution in [0.2, 0.25) is 5.02 Å². The average Bonchev–Trinajstić information content (AvgIpc) is 3.18. The second-order valence-corrected chi connectivity index (χ2v) is 7.44. The van der Waals surface area contributed by atoms with Crippen molar-refractivity contribution in [3.63, 3.8) is 0 Å². The van der Waals surface area contributed by atoms with Gasteiger partial charge in [0.15, 0.2) is 0 Å². The van der Waals surface area contributed by atoms with Gasteiger partial charge < -0.3 is 14.6 Å². The Morgan fingerprint density at radius 1 is 1.10 bits per heavy atom. The Morgan fingerprint density at radius 3 is 2.68 bits per heavy atom. The molecule has 7 nitrogen and oxygen atoms in total. The van der Waals surface area contributed by atoms with Crippen molar-refractivity contribution in [3.05, 3.63) is 82.2 Å². The molecule has 0 spiro atoms. The van der Waals surface area contributed by atoms with E-state index in [2.05, 4.69) is 15.0 Å². The summed E-state index contributed by atoms with van der Waals surface area (Å²) in [5.74, 6) is 0.526. The highest BCUT2D eigenvalue weighted by molar-refractivity contribution is 6.30. The highest BCUT2D eigenvalue weighted by Gasteiger charge is 2.09. The quantitative estimate of drug-likeness (QED) is 0.482. The zero-order valence-electron chi connectivity index (χ0n) is 16.9. The lowest BCUT2D eigenvalue weighted by Gasteiger charge is -2.10. The van der Waals surface area contributed by atoms with E-state index in [1.165, 1.54) is 6.07 Å². The fraction of sp³-hybridized carbons (Fsp3) is 0.174. The van der Waals surface area contributed by atoms with Crippen molar-refractivity contribution >= 4 is 28.4 Å². The molecule has 1 amide bonds. The molecule has 1 N–H and O–H groups in total. The second-order valence-electron chi connectivity index (χ2n) is 7.01. The summed E-state index contributed by atoms with van der Waals surface area (Å²) in [5, 5.41) is 8.85. The van der Waals surface area contributed by atoms with E-state index in [0.29, 0.717) is 23.8 Å². The number of methoxy groups -OCH3 is 1. The van der Waals surface area contributed by atoms with Crippen LogP contribution in [-0.2, 0) is 17.9 Å². The second kappa shape index (κ2) is 9.06. The van der Waals surface area contributed by atoms with Gasteiger partial charge in [-0.3, -0.25) is 9.59 Å². The van der Waals surface area contributed by atoms with E-state index in [-0.39, 0.29) is 18.0 Å². The molecular weight excluding hydrogens is 416 g/mol. The molecule has 8 heteroatoms. The lowest BCUT2D eigenvalue weighted by molar-refractivity contribution is -0.121. The molecule has 4 rings (SSSR count). The van der Waals surface area contributed by atoms with Gasteiger partial charge in [-0.05, 0) is 42.5 Å². The minimum absolute atomic E-state index is 0.149. The fourth-order valence-electron chi connectivity index (χ4n) is 3.34. The largest absolute Gasteiger partial charge is 0.497 e. The summed E-state index contributed by atoms with van der Waals surface area (Å²) < 4.78 is 8.47. The Kier molecular flexibility index (Phi) is 6.04. The fourth-order valence-corrected chi connectivity index (χ4v) is 3.47. The van der Waals surface area contributed by atoms with Gasteiger partial charge in [0.05, 0.1) is 12.8 Å². The van der Waals surface area contributed by atoms with Crippen LogP contribution in [-0.4, -0.2) is 33.9 Å². The molecule has 2 heterocycles. The first-order valence-electron chi connectivity index (χ1n) is 9.77. The van der Waals surface area contributed by atoms with Gasteiger partial charge in [0, 0.05) is 46.8 Å². The van der Waals surface area contributed by atoms with Crippen LogP contribution in [0.5, 0.6) is 5.75 Å². The molecule has 2 aromatic carbocycles. The normalized spacial score (nSPS) is 10.9. The standard InChI is InChI=1S/C23H21ClN4O3/c1-31-19-6-8-21-17(14-19)10-12-27(21)13-11-25-22(29)15-28-23(30)9-7-20(26-28)16-2-4-18(24)5-3-16/h2-10,12,14H,11,13,15H2,1H3,(H,25,29). The van der Waals surface area contributed by atoms with Gasteiger partial charge in [0.2, 0.25) is 5.91 Å². The van der Waals surface area contributed by atoms with Crippen LogP contribution in [0.4, 0.5) is 0 Å². The average molecular weight is 437 g/mol. The highest BCUT2D eigenvalue weighted by atomic mass is 35.5. The first kappa shape index (κ1) is 20.7. The van der Waals surface area contributed by atoms with Crippen molar-refractivity contribution in [1.29, 1.82) is 0 Å². The summed E-state index contributed by atoms with van der Waals surface area (Å²) in [5.41, 5.74) is 2.13. The van der Waals surface area contributed by atoms with Crippen LogP contribution in [0.1, 0.15) is 0 Å². The van der Waals surface area contributed by atoms with Crippen molar-refractivity contribution in [2.45, 2.75) is 13.1 Å². The minimum atomic E-state index is -0.335. The SMILES string of the molecule is COc1ccc2c(ccn2CCNC(=O)Cn2nc(-c3ccc(Cl)cc3)ccc2=O)c1. The lowest BCUT2D eigenvalue weighted by Crippen LogP contribution is -2.35. The molecule has 0 radical (unpaired) electrons. The van der Waals surface area contributed by atoms with Gasteiger partial charge in [-0.2, -0.15) is 5.10 Å². The molecule has 0 saturated carbocycles. The van der Waals surface area contributed by atoms with Gasteiger partial charge in [-0.1, -0.05) is 23.7 Å². The lowest BCUT2D eigenvalue weighted by atomic mass is 10.1. The van der Waals surface area contributed by atoms with Crippen LogP contribution in [0.25, 0.3) is 22.2 Å². The Labute approximate surface area is 183 Å². The number of amides is 1. The number of hydrogen-bond donors (Lipinski definition) is 1. The number of halogens is 1. The number of rotatable bonds is 7. The van der Waals surface area contributed by atoms with Gasteiger partial charge >= 0.3 is 0 Å². The topological polar surface area (TPSA) is 78.2 Å². The molecule has 0 bridgehead atoms. The number of ether oxygens (including phenoxy) is 1. The maximum atomic E-state index is 12.4. The Hall–Kier alpha value is -3.58. The molecule has 0 atom stereocenters. The monoisotopic (exact) mass is 436 g/mol. The summed E-state index contributed by atoms with van der Waals surface area (Å²) in [4.78, 5) is 24.5. The number of hydrogen-bond acceptors (Lipinski definition) is 4. The third-order valence-electron chi connectivity index (χ3n) is 4.95. The van der Waals surface area contributed by atoms with E-state index in [4.69, 9.17) is 16.3 Å². The summed E-state index contributed by atoms with van der Waals surface area (Å²) in [6.45, 7) is 0.888. The van der Waals surface area contributed by atoms with E-state index in [1.54, 1.807) is 25.3 Å². The number of fused-ring (bicyclic) bond motifs is 1. The molecule has 158 valence electrons. The minimum Gasteiger partial charge on any atom is -0.497 e. The molecule has 0 aliphatic rings. The van der Waals surface area contributed by atoms with E-state index >= 15 is 0 Å². The first-order chi connectivity index (χ1) is 15.0. The molecule has 0 saturated heterocycles. The summed E-state index contributed by atoms with van der Waals surface area (Å²) in [6, 6.07) is 18.0. The van der Waals surface area contributed by atoms with Crippen LogP contribution in [0, 0.1) is 0 Å². The van der Waals surface area contributed by atoms with Crippen LogP contribution >= 0.6 is 11.6 Å². The first-order valence-corrected chi connectivity index (χ1v) is 10.1. The van der Waals surface area contributed by atoms with Crippen molar-refractivity contribution in [1.82, 2.24) is 19.7 Å². The van der Waals surface area contributed by atoms with E-state index in [1.807, 2.05) is 42.6 Å². The van der Waals surface area contributed by atoms with E-state index in [0.717, 1.165) is 26.9 Å². The van der Waals surface area contributed by atoms with Crippen molar-refractivity contribution in [2.75, 3.05) is 13.7 Å². The Balaban J connectivity index is 1.38. The number of aromatic nitrogens is 3. The molecular formula is C23H21ClN4O3. The molecule has 2 aromatic heterocycles. The van der Waals surface area contributed by atoms with Crippen LogP contribution in [0.15, 0.2) is 71.7 Å². The van der Waals surface area contributed by atoms with Gasteiger partial charge in [0.25, 0.3) is 5.56 Å². The predicted molar refractivity (Wildman–Crippen MR) is 120 cm³/mol. The summed E-state index contributed by atoms with van der Waals surface area (Å²) in [6.07, 6.45) is 1.97. The number of carbonyl (C=O) groups excluding carboxylic acids is 1. The Bertz CT molecular complexity index is 1280. The third-order valence-corrected chi connectivity index (χ3v) is 5.21. The zero-order valence-corrected chi connectivity index (χ0v) is 17.7. The smallest absolute Gasteiger partial charge is 0.267 e. The maximum absolute atomic E-state index is 12.4. The highest BCUT2D eigenvalue weighted by Crippen LogP contribution is 2.21. The van der Waals surface area contributed by atoms with Crippen LogP contribution < -0.4 is 15.6 Å². The van der Waals surface area contributed by atoms with Crippen molar-refractivity contribution in [3.8, 4) is 17.0 Å². The van der Waals surface area contributed by atoms with E-state index < -0.39 is 0 Å². The van der Waals surface area contributed by atoms with Gasteiger partial charge in [-0.25, -0.2) is 4.68 Å². The molecule has 0 aliphatic heterocycles. The number of carbonyl (C=O) groups is 1. The predicted octanol–water partition coefficient (Wildman–Crippen LogP) is 3.34. The van der Waals surface area contributed by atoms with E-state index in [9.17, 15) is 9.59 Å². The van der Waals surface area contributed by atoms with Gasteiger partial charge in [-0.15, -0.1) is 0 Å². The molecule has 0 unspecified atom stereocenters. The molecule has 4 aromatic rings.